The highest BCUT2D eigenvalue weighted by Gasteiger charge is 2.49. The molecule has 3 rings (SSSR count). The Morgan fingerprint density at radius 1 is 1.10 bits per heavy atom. The number of nitrogens with one attached hydrogen (secondary N) is 1. The van der Waals surface area contributed by atoms with Crippen LogP contribution in [0.2, 0.25) is 0 Å². The molecule has 2 aliphatic heterocycles. The van der Waals surface area contributed by atoms with E-state index in [-0.39, 0.29) is 16.7 Å². The summed E-state index contributed by atoms with van der Waals surface area (Å²) in [6.45, 7) is 11.9. The molecule has 2 fully saturated rings. The van der Waals surface area contributed by atoms with E-state index in [0.29, 0.717) is 6.54 Å². The zero-order valence-corrected chi connectivity index (χ0v) is 24.4. The fraction of sp³-hybridized carbons (Fsp3) is 0.630. The van der Waals surface area contributed by atoms with Crippen LogP contribution in [0.15, 0.2) is 18.2 Å². The molecule has 1 aromatic carbocycles. The second kappa shape index (κ2) is 13.2. The second-order valence-electron chi connectivity index (χ2n) is 10.4. The van der Waals surface area contributed by atoms with Crippen LogP contribution in [-0.2, 0) is 11.0 Å². The minimum Gasteiger partial charge on any atom is -0.363 e. The lowest BCUT2D eigenvalue weighted by Gasteiger charge is -2.36. The van der Waals surface area contributed by atoms with Gasteiger partial charge in [-0.2, -0.15) is 18.4 Å². The van der Waals surface area contributed by atoms with Crippen molar-refractivity contribution in [2.24, 2.45) is 0 Å². The zero-order valence-electron chi connectivity index (χ0n) is 22.8. The van der Waals surface area contributed by atoms with E-state index in [1.54, 1.807) is 24.8 Å². The molecular weight excluding hydrogens is 545 g/mol. The van der Waals surface area contributed by atoms with Crippen molar-refractivity contribution in [3.05, 3.63) is 29.3 Å². The first-order valence-corrected chi connectivity index (χ1v) is 14.3. The molecule has 0 spiro atoms. The number of amides is 1. The molecule has 1 amide bonds. The van der Waals surface area contributed by atoms with E-state index in [2.05, 4.69) is 22.0 Å². The van der Waals surface area contributed by atoms with Crippen LogP contribution < -0.4 is 10.2 Å². The number of halogens is 3. The average molecular weight is 583 g/mol. The molecule has 1 N–H and O–H groups in total. The minimum atomic E-state index is -4.72. The highest BCUT2D eigenvalue weighted by atomic mass is 32.1. The molecule has 2 saturated heterocycles. The number of nitrogens with zero attached hydrogens (tertiary/aromatic N) is 5. The van der Waals surface area contributed by atoms with Gasteiger partial charge in [-0.15, -0.1) is 0 Å². The largest absolute Gasteiger partial charge is 0.417 e. The molecule has 2 heterocycles. The predicted molar refractivity (Wildman–Crippen MR) is 154 cm³/mol. The molecule has 1 aromatic rings. The number of piperazine rings is 1. The lowest BCUT2D eigenvalue weighted by molar-refractivity contribution is -0.137. The van der Waals surface area contributed by atoms with Crippen LogP contribution in [0.25, 0.3) is 0 Å². The Hall–Kier alpha value is -2.49. The average Bonchev–Trinajstić information content (AvgIpc) is 3.07. The van der Waals surface area contributed by atoms with Crippen LogP contribution in [0.3, 0.4) is 0 Å². The van der Waals surface area contributed by atoms with Crippen molar-refractivity contribution in [3.63, 3.8) is 0 Å². The normalized spacial score (nSPS) is 18.0. The molecule has 2 aliphatic rings. The Kier molecular flexibility index (Phi) is 10.5. The molecule has 0 aliphatic carbocycles. The maximum Gasteiger partial charge on any atom is 0.417 e. The highest BCUT2D eigenvalue weighted by Crippen LogP contribution is 2.38. The third kappa shape index (κ3) is 7.38. The Morgan fingerprint density at radius 2 is 1.74 bits per heavy atom. The van der Waals surface area contributed by atoms with Crippen LogP contribution in [0, 0.1) is 11.3 Å². The van der Waals surface area contributed by atoms with Crippen LogP contribution in [0.1, 0.15) is 64.0 Å². The molecule has 0 radical (unpaired) electrons. The van der Waals surface area contributed by atoms with Crippen molar-refractivity contribution in [2.45, 2.75) is 64.6 Å². The monoisotopic (exact) mass is 582 g/mol. The van der Waals surface area contributed by atoms with Crippen molar-refractivity contribution in [1.29, 1.82) is 5.26 Å². The number of carbonyl (C=O) groups excluding carboxylic acids is 1. The summed E-state index contributed by atoms with van der Waals surface area (Å²) in [7, 11) is 0. The second-order valence-corrected chi connectivity index (χ2v) is 11.2. The number of anilines is 1. The molecule has 12 heteroatoms. The molecule has 0 saturated carbocycles. The summed E-state index contributed by atoms with van der Waals surface area (Å²) in [5.41, 5.74) is -2.52. The van der Waals surface area contributed by atoms with Gasteiger partial charge in [0.15, 0.2) is 10.2 Å². The standard InChI is InChI=1S/C27H37F3N6OS2/c1-4-11-32-24(38)34-16-14-33(15-17-34)12-7-5-6-8-13-35-25(39)36(23(37)26(35,2)3)21-10-9-20(19-31)22(18-21)27(28,29)30/h9-10,18H,4-8,11-17H2,1-3H3,(H,32,38). The van der Waals surface area contributed by atoms with Gasteiger partial charge in [-0.05, 0) is 82.3 Å². The van der Waals surface area contributed by atoms with Crippen molar-refractivity contribution in [3.8, 4) is 6.07 Å². The van der Waals surface area contributed by atoms with Gasteiger partial charge in [-0.25, -0.2) is 0 Å². The van der Waals surface area contributed by atoms with Gasteiger partial charge >= 0.3 is 6.18 Å². The van der Waals surface area contributed by atoms with Gasteiger partial charge < -0.3 is 15.1 Å². The van der Waals surface area contributed by atoms with Crippen LogP contribution in [0.4, 0.5) is 18.9 Å². The zero-order chi connectivity index (χ0) is 28.8. The van der Waals surface area contributed by atoms with Crippen LogP contribution in [0.5, 0.6) is 0 Å². The topological polar surface area (TPSA) is 65.8 Å². The lowest BCUT2D eigenvalue weighted by atomic mass is 10.0. The van der Waals surface area contributed by atoms with Gasteiger partial charge in [-0.1, -0.05) is 19.8 Å². The minimum absolute atomic E-state index is 0.0221. The highest BCUT2D eigenvalue weighted by molar-refractivity contribution is 7.80. The van der Waals surface area contributed by atoms with Crippen molar-refractivity contribution >= 4 is 46.3 Å². The summed E-state index contributed by atoms with van der Waals surface area (Å²) in [5.74, 6) is -0.381. The van der Waals surface area contributed by atoms with E-state index in [1.807, 2.05) is 0 Å². The lowest BCUT2D eigenvalue weighted by Crippen LogP contribution is -2.51. The molecule has 0 bridgehead atoms. The third-order valence-corrected chi connectivity index (χ3v) is 8.11. The van der Waals surface area contributed by atoms with Gasteiger partial charge in [0.05, 0.1) is 22.9 Å². The van der Waals surface area contributed by atoms with E-state index < -0.39 is 22.8 Å². The number of alkyl halides is 3. The number of unbranched alkanes of at least 4 members (excludes halogenated alkanes) is 3. The summed E-state index contributed by atoms with van der Waals surface area (Å²) in [6, 6.07) is 4.82. The summed E-state index contributed by atoms with van der Waals surface area (Å²) in [6.07, 6.45) is 0.228. The van der Waals surface area contributed by atoms with Gasteiger partial charge in [0.25, 0.3) is 5.91 Å². The summed E-state index contributed by atoms with van der Waals surface area (Å²) >= 11 is 11.0. The van der Waals surface area contributed by atoms with Gasteiger partial charge in [0.2, 0.25) is 0 Å². The first-order chi connectivity index (χ1) is 18.4. The summed E-state index contributed by atoms with van der Waals surface area (Å²) < 4.78 is 40.5. The number of hydrogen-bond acceptors (Lipinski definition) is 5. The predicted octanol–water partition coefficient (Wildman–Crippen LogP) is 4.75. The molecule has 39 heavy (non-hydrogen) atoms. The van der Waals surface area contributed by atoms with E-state index in [4.69, 9.17) is 29.7 Å². The molecule has 7 nitrogen and oxygen atoms in total. The van der Waals surface area contributed by atoms with E-state index in [9.17, 15) is 18.0 Å². The summed E-state index contributed by atoms with van der Waals surface area (Å²) in [5, 5.41) is 13.4. The van der Waals surface area contributed by atoms with Crippen molar-refractivity contribution in [2.75, 3.05) is 50.7 Å². The number of rotatable bonds is 10. The first-order valence-electron chi connectivity index (χ1n) is 13.4. The fourth-order valence-electron chi connectivity index (χ4n) is 4.92. The van der Waals surface area contributed by atoms with E-state index in [0.717, 1.165) is 93.5 Å². The fourth-order valence-corrected chi connectivity index (χ4v) is 5.71. The maximum atomic E-state index is 13.5. The third-order valence-electron chi connectivity index (χ3n) is 7.30. The molecule has 0 unspecified atom stereocenters. The van der Waals surface area contributed by atoms with Crippen LogP contribution in [-0.4, -0.2) is 82.2 Å². The molecule has 0 atom stereocenters. The van der Waals surface area contributed by atoms with Crippen LogP contribution >= 0.6 is 24.4 Å². The molecule has 214 valence electrons. The number of carbonyl (C=O) groups is 1. The van der Waals surface area contributed by atoms with Crippen molar-refractivity contribution < 1.29 is 18.0 Å². The Bertz CT molecular complexity index is 1100. The Morgan fingerprint density at radius 3 is 2.33 bits per heavy atom. The number of thiocarbonyl (C=S) groups is 2. The molecule has 0 aromatic heterocycles. The first kappa shape index (κ1) is 31.0. The van der Waals surface area contributed by atoms with Gasteiger partial charge in [-0.3, -0.25) is 14.6 Å². The maximum absolute atomic E-state index is 13.5. The number of benzene rings is 1. The molecular formula is C27H37F3N6OS2. The van der Waals surface area contributed by atoms with Crippen molar-refractivity contribution in [1.82, 2.24) is 20.0 Å². The Balaban J connectivity index is 1.47. The van der Waals surface area contributed by atoms with E-state index in [1.165, 1.54) is 6.07 Å². The number of nitriles is 1. The number of hydrogen-bond donors (Lipinski definition) is 1. The summed E-state index contributed by atoms with van der Waals surface area (Å²) in [4.78, 5) is 20.9. The SMILES string of the molecule is CCCNC(=S)N1CCN(CCCCCCN2C(=S)N(c3ccc(C#N)c(C(F)(F)F)c3)C(=O)C2(C)C)CC1. The van der Waals surface area contributed by atoms with Gasteiger partial charge in [0.1, 0.15) is 5.54 Å². The smallest absolute Gasteiger partial charge is 0.363 e. The Labute approximate surface area is 239 Å². The quantitative estimate of drug-likeness (QED) is 0.313. The van der Waals surface area contributed by atoms with Gasteiger partial charge in [0, 0.05) is 39.3 Å². The van der Waals surface area contributed by atoms with E-state index >= 15 is 0 Å².